The first-order chi connectivity index (χ1) is 23.6. The third-order valence-corrected chi connectivity index (χ3v) is 10.9. The molecule has 284 valence electrons. The van der Waals surface area contributed by atoms with Crippen molar-refractivity contribution in [2.24, 2.45) is 11.8 Å². The Kier molecular flexibility index (Phi) is 14.5. The van der Waals surface area contributed by atoms with Crippen molar-refractivity contribution in [2.75, 3.05) is 39.4 Å². The van der Waals surface area contributed by atoms with Crippen molar-refractivity contribution in [3.63, 3.8) is 0 Å². The van der Waals surface area contributed by atoms with Crippen molar-refractivity contribution in [2.45, 2.75) is 140 Å². The Bertz CT molecular complexity index is 1200. The van der Waals surface area contributed by atoms with Gasteiger partial charge in [0.2, 0.25) is 0 Å². The molecule has 50 heavy (non-hydrogen) atoms. The SMILES string of the molecule is CCC(O)C(C)C1OC1CC(C)(O)C=CC=C(C)C1OC(=O)CC(O)CCC(C)(O)C(OC(=O)N2CCC(N3CCOCC3)CC2)C=CC1C. The summed E-state index contributed by atoms with van der Waals surface area (Å²) < 4.78 is 23.1. The van der Waals surface area contributed by atoms with Gasteiger partial charge in [-0.1, -0.05) is 45.1 Å². The summed E-state index contributed by atoms with van der Waals surface area (Å²) in [5.41, 5.74) is -1.95. The second kappa shape index (κ2) is 17.9. The van der Waals surface area contributed by atoms with E-state index in [0.29, 0.717) is 37.5 Å². The number of hydrogen-bond donors (Lipinski definition) is 4. The highest BCUT2D eigenvalue weighted by Gasteiger charge is 2.47. The Labute approximate surface area is 298 Å². The Balaban J connectivity index is 1.42. The molecule has 3 fully saturated rings. The number of esters is 1. The van der Waals surface area contributed by atoms with Gasteiger partial charge in [0.15, 0.2) is 6.10 Å². The first kappa shape index (κ1) is 40.5. The number of aliphatic hydroxyl groups is 4. The van der Waals surface area contributed by atoms with Crippen LogP contribution in [0.4, 0.5) is 4.79 Å². The highest BCUT2D eigenvalue weighted by Crippen LogP contribution is 2.37. The molecular formula is C38H62N2O10. The molecule has 0 bridgehead atoms. The number of piperidine rings is 1. The minimum Gasteiger partial charge on any atom is -0.457 e. The molecule has 1 amide bonds. The highest BCUT2D eigenvalue weighted by atomic mass is 16.6. The monoisotopic (exact) mass is 706 g/mol. The van der Waals surface area contributed by atoms with E-state index in [4.69, 9.17) is 18.9 Å². The van der Waals surface area contributed by atoms with E-state index in [1.54, 1.807) is 49.1 Å². The summed E-state index contributed by atoms with van der Waals surface area (Å²) in [6, 6.07) is 0.403. The third kappa shape index (κ3) is 11.6. The summed E-state index contributed by atoms with van der Waals surface area (Å²) in [5.74, 6) is -0.954. The maximum Gasteiger partial charge on any atom is 0.410 e. The number of ether oxygens (including phenoxy) is 4. The number of allylic oxidation sites excluding steroid dienone is 2. The number of epoxide rings is 1. The zero-order chi connectivity index (χ0) is 36.6. The molecule has 0 spiro atoms. The molecule has 4 heterocycles. The van der Waals surface area contributed by atoms with E-state index >= 15 is 0 Å². The molecule has 0 aliphatic carbocycles. The maximum atomic E-state index is 13.4. The molecule has 4 N–H and O–H groups in total. The van der Waals surface area contributed by atoms with Gasteiger partial charge in [-0.3, -0.25) is 9.69 Å². The number of carbonyl (C=O) groups excluding carboxylic acids is 2. The molecule has 0 saturated carbocycles. The minimum atomic E-state index is -1.49. The van der Waals surface area contributed by atoms with E-state index < -0.39 is 47.7 Å². The molecule has 10 atom stereocenters. The van der Waals surface area contributed by atoms with E-state index in [1.807, 2.05) is 27.7 Å². The fourth-order valence-electron chi connectivity index (χ4n) is 7.34. The van der Waals surface area contributed by atoms with Gasteiger partial charge >= 0.3 is 12.1 Å². The zero-order valence-corrected chi connectivity index (χ0v) is 30.9. The molecule has 0 aromatic rings. The second-order valence-electron chi connectivity index (χ2n) is 15.4. The number of carbonyl (C=O) groups is 2. The normalized spacial score (nSPS) is 35.0. The summed E-state index contributed by atoms with van der Waals surface area (Å²) in [6.45, 7) is 15.3. The number of nitrogens with zero attached hydrogens (tertiary/aromatic N) is 2. The first-order valence-corrected chi connectivity index (χ1v) is 18.6. The number of aliphatic hydroxyl groups excluding tert-OH is 2. The number of amides is 1. The smallest absolute Gasteiger partial charge is 0.410 e. The molecule has 10 unspecified atom stereocenters. The van der Waals surface area contributed by atoms with Crippen LogP contribution in [0.15, 0.2) is 36.0 Å². The van der Waals surface area contributed by atoms with Crippen LogP contribution in [0.5, 0.6) is 0 Å². The van der Waals surface area contributed by atoms with Crippen molar-refractivity contribution >= 4 is 12.1 Å². The van der Waals surface area contributed by atoms with Crippen molar-refractivity contribution in [3.8, 4) is 0 Å². The van der Waals surface area contributed by atoms with Crippen molar-refractivity contribution in [3.05, 3.63) is 36.0 Å². The summed E-state index contributed by atoms with van der Waals surface area (Å²) >= 11 is 0. The van der Waals surface area contributed by atoms with Crippen LogP contribution in [0.1, 0.15) is 86.5 Å². The third-order valence-electron chi connectivity index (χ3n) is 10.9. The lowest BCUT2D eigenvalue weighted by Gasteiger charge is -2.40. The van der Waals surface area contributed by atoms with Gasteiger partial charge < -0.3 is 44.3 Å². The Morgan fingerprint density at radius 3 is 2.52 bits per heavy atom. The van der Waals surface area contributed by atoms with Crippen molar-refractivity contribution < 1.29 is 49.0 Å². The predicted molar refractivity (Wildman–Crippen MR) is 188 cm³/mol. The van der Waals surface area contributed by atoms with Crippen LogP contribution in [-0.4, -0.2) is 136 Å². The Morgan fingerprint density at radius 1 is 1.18 bits per heavy atom. The predicted octanol–water partition coefficient (Wildman–Crippen LogP) is 3.51. The zero-order valence-electron chi connectivity index (χ0n) is 30.9. The molecular weight excluding hydrogens is 644 g/mol. The van der Waals surface area contributed by atoms with Crippen molar-refractivity contribution in [1.82, 2.24) is 9.80 Å². The molecule has 3 saturated heterocycles. The number of likely N-dealkylation sites (tertiary alicyclic amines) is 1. The molecule has 0 aromatic heterocycles. The number of rotatable bonds is 10. The molecule has 4 rings (SSSR count). The van der Waals surface area contributed by atoms with Gasteiger partial charge in [0, 0.05) is 50.5 Å². The van der Waals surface area contributed by atoms with Gasteiger partial charge in [-0.15, -0.1) is 0 Å². The molecule has 0 radical (unpaired) electrons. The van der Waals surface area contributed by atoms with Crippen LogP contribution < -0.4 is 0 Å². The van der Waals surface area contributed by atoms with Gasteiger partial charge in [-0.2, -0.15) is 0 Å². The van der Waals surface area contributed by atoms with Crippen molar-refractivity contribution in [1.29, 1.82) is 0 Å². The summed E-state index contributed by atoms with van der Waals surface area (Å²) in [5, 5.41) is 43.4. The summed E-state index contributed by atoms with van der Waals surface area (Å²) in [4.78, 5) is 30.4. The lowest BCUT2D eigenvalue weighted by Crippen LogP contribution is -2.51. The standard InChI is InChI=1S/C38H62N2O10/c1-7-30(42)27(4)35-31(48-35)24-37(5,45)15-8-9-25(2)34-26(3)10-11-32(38(6,46)16-12-29(41)23-33(43)50-34)49-36(44)40-17-13-28(14-18-40)39-19-21-47-22-20-39/h8-11,15,26-32,34-35,41-42,45-46H,7,12-14,16-24H2,1-6H3. The van der Waals surface area contributed by atoms with Gasteiger partial charge in [0.1, 0.15) is 11.7 Å². The fraction of sp³-hybridized carbons (Fsp3) is 0.789. The van der Waals surface area contributed by atoms with Gasteiger partial charge in [0.25, 0.3) is 0 Å². The molecule has 12 nitrogen and oxygen atoms in total. The Morgan fingerprint density at radius 2 is 1.86 bits per heavy atom. The van der Waals surface area contributed by atoms with Crippen LogP contribution >= 0.6 is 0 Å². The van der Waals surface area contributed by atoms with Gasteiger partial charge in [-0.25, -0.2) is 4.79 Å². The summed E-state index contributed by atoms with van der Waals surface area (Å²) in [6.07, 6.45) is 7.41. The highest BCUT2D eigenvalue weighted by molar-refractivity contribution is 5.70. The first-order valence-electron chi connectivity index (χ1n) is 18.6. The van der Waals surface area contributed by atoms with E-state index in [9.17, 15) is 30.0 Å². The van der Waals surface area contributed by atoms with Crippen LogP contribution in [-0.2, 0) is 23.7 Å². The van der Waals surface area contributed by atoms with Gasteiger partial charge in [0.05, 0.1) is 49.7 Å². The quantitative estimate of drug-likeness (QED) is 0.114. The average molecular weight is 707 g/mol. The Hall–Kier alpha value is -2.32. The topological polar surface area (TPSA) is 162 Å². The van der Waals surface area contributed by atoms with Crippen LogP contribution in [0.3, 0.4) is 0 Å². The molecule has 4 aliphatic heterocycles. The summed E-state index contributed by atoms with van der Waals surface area (Å²) in [7, 11) is 0. The van der Waals surface area contributed by atoms with E-state index in [2.05, 4.69) is 4.90 Å². The van der Waals surface area contributed by atoms with E-state index in [1.165, 1.54) is 0 Å². The lowest BCUT2D eigenvalue weighted by atomic mass is 9.88. The lowest BCUT2D eigenvalue weighted by molar-refractivity contribution is -0.151. The number of hydrogen-bond acceptors (Lipinski definition) is 11. The van der Waals surface area contributed by atoms with E-state index in [-0.39, 0.29) is 43.3 Å². The maximum absolute atomic E-state index is 13.4. The van der Waals surface area contributed by atoms with Crippen LogP contribution in [0.2, 0.25) is 0 Å². The van der Waals surface area contributed by atoms with E-state index in [0.717, 1.165) is 39.1 Å². The fourth-order valence-corrected chi connectivity index (χ4v) is 7.34. The number of cyclic esters (lactones) is 1. The largest absolute Gasteiger partial charge is 0.457 e. The molecule has 4 aliphatic rings. The second-order valence-corrected chi connectivity index (χ2v) is 15.4. The van der Waals surface area contributed by atoms with Gasteiger partial charge in [-0.05, 0) is 64.5 Å². The molecule has 0 aromatic carbocycles. The van der Waals surface area contributed by atoms with Crippen LogP contribution in [0.25, 0.3) is 0 Å². The molecule has 12 heteroatoms. The minimum absolute atomic E-state index is 0.0133. The number of morpholine rings is 1. The van der Waals surface area contributed by atoms with Crippen LogP contribution in [0, 0.1) is 11.8 Å². The average Bonchev–Trinajstić information content (AvgIpc) is 3.84.